The Morgan fingerprint density at radius 1 is 1.56 bits per heavy atom. The van der Waals surface area contributed by atoms with Crippen molar-refractivity contribution in [2.75, 3.05) is 18.9 Å². The second-order valence-electron chi connectivity index (χ2n) is 5.64. The number of fused-ring (bicyclic) bond motifs is 1. The summed E-state index contributed by atoms with van der Waals surface area (Å²) in [5.41, 5.74) is 4.02. The highest BCUT2D eigenvalue weighted by atomic mass is 31.1. The molecular weight excluding hydrogens is 356 g/mol. The van der Waals surface area contributed by atoms with Gasteiger partial charge in [0.1, 0.15) is 12.2 Å². The molecule has 2 aromatic rings. The summed E-state index contributed by atoms with van der Waals surface area (Å²) < 4.78 is 42.5. The summed E-state index contributed by atoms with van der Waals surface area (Å²) >= 11 is 0. The minimum atomic E-state index is -2.17. The van der Waals surface area contributed by atoms with E-state index in [4.69, 9.17) is 15.2 Å². The molecule has 0 aromatic carbocycles. The Hall–Kier alpha value is -1.94. The van der Waals surface area contributed by atoms with Crippen LogP contribution in [0.2, 0.25) is 0 Å². The third-order valence-electron chi connectivity index (χ3n) is 3.95. The highest BCUT2D eigenvalue weighted by Crippen LogP contribution is 2.43. The molecule has 2 aromatic heterocycles. The topological polar surface area (TPSA) is 135 Å². The van der Waals surface area contributed by atoms with Crippen molar-refractivity contribution in [1.29, 1.82) is 0 Å². The number of nitrogens with zero attached hydrogens (tertiary/aromatic N) is 4. The van der Waals surface area contributed by atoms with Crippen molar-refractivity contribution in [3.8, 4) is 5.88 Å². The van der Waals surface area contributed by atoms with Gasteiger partial charge in [0.2, 0.25) is 11.8 Å². The van der Waals surface area contributed by atoms with Crippen molar-refractivity contribution in [1.82, 2.24) is 19.5 Å². The van der Waals surface area contributed by atoms with Crippen molar-refractivity contribution in [3.63, 3.8) is 0 Å². The van der Waals surface area contributed by atoms with E-state index in [9.17, 15) is 9.67 Å². The van der Waals surface area contributed by atoms with Crippen molar-refractivity contribution in [2.24, 2.45) is 0 Å². The highest BCUT2D eigenvalue weighted by molar-refractivity contribution is 7.17. The number of alkyl halides is 1. The molecule has 0 saturated carbocycles. The second-order valence-corrected chi connectivity index (χ2v) is 6.04. The minimum absolute atomic E-state index is 0.0677. The van der Waals surface area contributed by atoms with Gasteiger partial charge in [0.05, 0.1) is 19.5 Å². The van der Waals surface area contributed by atoms with Crippen LogP contribution in [0.1, 0.15) is 20.1 Å². The molecular formula is C13H17FN5O5P. The Morgan fingerprint density at radius 3 is 3.00 bits per heavy atom. The second kappa shape index (κ2) is 6.75. The zero-order valence-electron chi connectivity index (χ0n) is 13.5. The first-order valence-electron chi connectivity index (χ1n) is 7.50. The van der Waals surface area contributed by atoms with Crippen LogP contribution in [0.3, 0.4) is 0 Å². The SMILES string of the molecule is CCOc1nc(N)nc2c1ncn2[C@@H]1O[C@H](COP=O)[C@@H](O)[C@@]1(C)F. The van der Waals surface area contributed by atoms with Crippen LogP contribution < -0.4 is 10.5 Å². The van der Waals surface area contributed by atoms with Gasteiger partial charge >= 0.3 is 8.69 Å². The molecule has 12 heteroatoms. The van der Waals surface area contributed by atoms with Crippen LogP contribution >= 0.6 is 8.69 Å². The summed E-state index contributed by atoms with van der Waals surface area (Å²) in [5.74, 6) is 0.106. The Kier molecular flexibility index (Phi) is 4.83. The molecule has 0 spiro atoms. The third-order valence-corrected chi connectivity index (χ3v) is 4.20. The molecule has 0 bridgehead atoms. The molecule has 3 rings (SSSR count). The van der Waals surface area contributed by atoms with E-state index in [1.165, 1.54) is 17.8 Å². The summed E-state index contributed by atoms with van der Waals surface area (Å²) in [6, 6.07) is 0. The molecule has 25 heavy (non-hydrogen) atoms. The quantitative estimate of drug-likeness (QED) is 0.711. The summed E-state index contributed by atoms with van der Waals surface area (Å²) in [6.07, 6.45) is -2.44. The van der Waals surface area contributed by atoms with E-state index in [0.717, 1.165) is 0 Å². The van der Waals surface area contributed by atoms with E-state index in [1.54, 1.807) is 6.92 Å². The van der Waals surface area contributed by atoms with Crippen LogP contribution in [0.4, 0.5) is 10.3 Å². The fourth-order valence-corrected chi connectivity index (χ4v) is 2.98. The van der Waals surface area contributed by atoms with Crippen LogP contribution in [0, 0.1) is 0 Å². The van der Waals surface area contributed by atoms with Gasteiger partial charge in [-0.05, 0) is 13.8 Å². The minimum Gasteiger partial charge on any atom is -0.476 e. The monoisotopic (exact) mass is 373 g/mol. The van der Waals surface area contributed by atoms with Crippen LogP contribution in [-0.2, 0) is 13.8 Å². The number of rotatable bonds is 6. The van der Waals surface area contributed by atoms with Gasteiger partial charge in [-0.1, -0.05) is 0 Å². The number of nitrogens with two attached hydrogens (primary N) is 1. The van der Waals surface area contributed by atoms with E-state index in [1.807, 2.05) is 0 Å². The molecule has 1 saturated heterocycles. The van der Waals surface area contributed by atoms with Gasteiger partial charge in [0, 0.05) is 0 Å². The molecule has 0 radical (unpaired) electrons. The lowest BCUT2D eigenvalue weighted by atomic mass is 9.98. The number of aliphatic hydroxyl groups is 1. The van der Waals surface area contributed by atoms with Crippen molar-refractivity contribution in [3.05, 3.63) is 6.33 Å². The fourth-order valence-electron chi connectivity index (χ4n) is 2.77. The number of nitrogen functional groups attached to an aromatic ring is 1. The fraction of sp³-hybridized carbons (Fsp3) is 0.615. The van der Waals surface area contributed by atoms with Gasteiger partial charge in [0.25, 0.3) is 0 Å². The first-order valence-corrected chi connectivity index (χ1v) is 8.23. The van der Waals surface area contributed by atoms with Crippen LogP contribution in [0.5, 0.6) is 5.88 Å². The lowest BCUT2D eigenvalue weighted by Crippen LogP contribution is -2.40. The predicted octanol–water partition coefficient (Wildman–Crippen LogP) is 1.02. The van der Waals surface area contributed by atoms with Crippen LogP contribution in [-0.4, -0.2) is 55.7 Å². The smallest absolute Gasteiger partial charge is 0.327 e. The van der Waals surface area contributed by atoms with Gasteiger partial charge in [-0.25, -0.2) is 13.9 Å². The zero-order valence-corrected chi connectivity index (χ0v) is 14.4. The third kappa shape index (κ3) is 3.04. The zero-order chi connectivity index (χ0) is 18.2. The van der Waals surface area contributed by atoms with Gasteiger partial charge < -0.3 is 20.3 Å². The maximum absolute atomic E-state index is 15.1. The molecule has 10 nitrogen and oxygen atoms in total. The van der Waals surface area contributed by atoms with Gasteiger partial charge in [-0.15, -0.1) is 0 Å². The number of aromatic nitrogens is 4. The standard InChI is InChI=1S/C13H17FN5O5P/c1-3-22-10-7-9(17-12(15)18-10)19(5-16-7)11-13(2,14)8(20)6(24-11)4-23-25-21/h5-6,8,11,20H,3-4H2,1-2H3,(H2,15,17,18)/t6-,8-,11-,13-/m1/s1. The van der Waals surface area contributed by atoms with E-state index >= 15 is 4.39 Å². The van der Waals surface area contributed by atoms with Crippen LogP contribution in [0.15, 0.2) is 6.33 Å². The maximum atomic E-state index is 15.1. The Balaban J connectivity index is 2.02. The van der Waals surface area contributed by atoms with Crippen LogP contribution in [0.25, 0.3) is 11.2 Å². The molecule has 3 N–H and O–H groups in total. The Labute approximate surface area is 143 Å². The summed E-state index contributed by atoms with van der Waals surface area (Å²) in [7, 11) is -0.585. The molecule has 136 valence electrons. The molecule has 1 aliphatic heterocycles. The number of halogens is 1. The average Bonchev–Trinajstić information content (AvgIpc) is 3.06. The van der Waals surface area contributed by atoms with E-state index in [0.29, 0.717) is 12.1 Å². The van der Waals surface area contributed by atoms with E-state index in [-0.39, 0.29) is 24.1 Å². The number of hydrogen-bond donors (Lipinski definition) is 2. The Bertz CT molecular complexity index is 788. The molecule has 4 atom stereocenters. The van der Waals surface area contributed by atoms with E-state index < -0.39 is 32.8 Å². The van der Waals surface area contributed by atoms with Gasteiger partial charge in [-0.2, -0.15) is 9.97 Å². The van der Waals surface area contributed by atoms with Gasteiger partial charge in [-0.3, -0.25) is 9.09 Å². The molecule has 3 heterocycles. The maximum Gasteiger partial charge on any atom is 0.327 e. The van der Waals surface area contributed by atoms with E-state index in [2.05, 4.69) is 19.5 Å². The average molecular weight is 373 g/mol. The number of ether oxygens (including phenoxy) is 2. The van der Waals surface area contributed by atoms with Gasteiger partial charge in [0.15, 0.2) is 23.1 Å². The van der Waals surface area contributed by atoms with Crippen molar-refractivity contribution in [2.45, 2.75) is 38.0 Å². The molecule has 0 aliphatic carbocycles. The predicted molar refractivity (Wildman–Crippen MR) is 83.9 cm³/mol. The number of imidazole rings is 1. The molecule has 1 aliphatic rings. The summed E-state index contributed by atoms with van der Waals surface area (Å²) in [4.78, 5) is 12.2. The highest BCUT2D eigenvalue weighted by Gasteiger charge is 2.55. The Morgan fingerprint density at radius 2 is 2.32 bits per heavy atom. The van der Waals surface area contributed by atoms with Crippen molar-refractivity contribution >= 4 is 25.8 Å². The molecule has 0 unspecified atom stereocenters. The number of aliphatic hydroxyl groups excluding tert-OH is 1. The van der Waals surface area contributed by atoms with Crippen molar-refractivity contribution < 1.29 is 28.1 Å². The lowest BCUT2D eigenvalue weighted by Gasteiger charge is -2.24. The summed E-state index contributed by atoms with van der Waals surface area (Å²) in [6.45, 7) is 3.06. The molecule has 1 fully saturated rings. The lowest BCUT2D eigenvalue weighted by molar-refractivity contribution is -0.0530. The first-order chi connectivity index (χ1) is 11.9. The normalized spacial score (nSPS) is 29.5. The largest absolute Gasteiger partial charge is 0.476 e. The summed E-state index contributed by atoms with van der Waals surface area (Å²) in [5, 5.41) is 10.2. The number of anilines is 1. The first kappa shape index (κ1) is 17.9. The molecule has 0 amide bonds. The number of hydrogen-bond acceptors (Lipinski definition) is 9.